The Morgan fingerprint density at radius 2 is 0.893 bits per heavy atom. The third-order valence-corrected chi connectivity index (χ3v) is 4.66. The van der Waals surface area contributed by atoms with Gasteiger partial charge in [-0.1, -0.05) is 36.4 Å². The molecule has 0 amide bonds. The van der Waals surface area contributed by atoms with E-state index in [2.05, 4.69) is 0 Å². The molecule has 1 fully saturated rings. The fourth-order valence-electron chi connectivity index (χ4n) is 3.17. The Morgan fingerprint density at radius 3 is 1.29 bits per heavy atom. The Balaban J connectivity index is 1.67. The Labute approximate surface area is 164 Å². The van der Waals surface area contributed by atoms with E-state index in [1.165, 1.54) is 0 Å². The molecule has 6 nitrogen and oxygen atoms in total. The van der Waals surface area contributed by atoms with Crippen LogP contribution in [0, 0.1) is 0 Å². The summed E-state index contributed by atoms with van der Waals surface area (Å²) in [6.45, 7) is 4.42. The van der Waals surface area contributed by atoms with Crippen molar-refractivity contribution in [3.63, 3.8) is 0 Å². The van der Waals surface area contributed by atoms with E-state index in [9.17, 15) is 9.59 Å². The summed E-state index contributed by atoms with van der Waals surface area (Å²) < 4.78 is 11.6. The molecule has 0 radical (unpaired) electrons. The zero-order valence-electron chi connectivity index (χ0n) is 16.0. The minimum absolute atomic E-state index is 0.0109. The van der Waals surface area contributed by atoms with Gasteiger partial charge in [-0.05, 0) is 24.3 Å². The average Bonchev–Trinajstić information content (AvgIpc) is 3.02. The van der Waals surface area contributed by atoms with Crippen LogP contribution in [0.2, 0.25) is 0 Å². The van der Waals surface area contributed by atoms with Crippen LogP contribution >= 0.6 is 0 Å². The van der Waals surface area contributed by atoms with Crippen LogP contribution in [-0.4, -0.2) is 52.6 Å². The quantitative estimate of drug-likeness (QED) is 0.789. The highest BCUT2D eigenvalue weighted by Crippen LogP contribution is 2.09. The summed E-state index contributed by atoms with van der Waals surface area (Å²) in [5.41, 5.74) is 1.29. The van der Waals surface area contributed by atoms with E-state index in [4.69, 9.17) is 9.47 Å². The predicted molar refractivity (Wildman–Crippen MR) is 111 cm³/mol. The molecule has 28 heavy (non-hydrogen) atoms. The van der Waals surface area contributed by atoms with Crippen molar-refractivity contribution in [2.45, 2.75) is 0 Å². The smallest absolute Gasteiger partial charge is 0.201 e. The van der Waals surface area contributed by atoms with Crippen molar-refractivity contribution in [3.8, 4) is 0 Å². The van der Waals surface area contributed by atoms with E-state index in [-0.39, 0.29) is 10.9 Å². The molecular weight excluding hydrogens is 356 g/mol. The molecule has 0 atom stereocenters. The topological polar surface area (TPSA) is 59.1 Å². The van der Waals surface area contributed by atoms with Gasteiger partial charge in [0, 0.05) is 26.2 Å². The van der Waals surface area contributed by atoms with Crippen LogP contribution in [0.15, 0.2) is 70.3 Å². The Kier molecular flexibility index (Phi) is 7.58. The van der Waals surface area contributed by atoms with E-state index in [0.717, 1.165) is 0 Å². The van der Waals surface area contributed by atoms with Gasteiger partial charge < -0.3 is 19.3 Å². The molecule has 1 aliphatic rings. The van der Waals surface area contributed by atoms with Crippen LogP contribution in [0.5, 0.6) is 0 Å². The van der Waals surface area contributed by atoms with Crippen LogP contribution < -0.4 is 20.7 Å². The molecule has 0 aromatic heterocycles. The SMILES string of the molecule is O=c1cccccc1N1CCOCCN(c2cccccc2=O)CCOCC1. The Hall–Kier alpha value is -2.70. The first kappa shape index (κ1) is 20.0. The second kappa shape index (κ2) is 10.6. The van der Waals surface area contributed by atoms with Gasteiger partial charge in [-0.2, -0.15) is 0 Å². The summed E-state index contributed by atoms with van der Waals surface area (Å²) in [6, 6.07) is 17.7. The normalized spacial score (nSPS) is 16.7. The number of hydrogen-bond donors (Lipinski definition) is 0. The fourth-order valence-corrected chi connectivity index (χ4v) is 3.17. The van der Waals surface area contributed by atoms with Crippen LogP contribution in [0.4, 0.5) is 11.4 Å². The van der Waals surface area contributed by atoms with Gasteiger partial charge >= 0.3 is 0 Å². The molecule has 2 aromatic rings. The van der Waals surface area contributed by atoms with E-state index in [1.807, 2.05) is 46.2 Å². The van der Waals surface area contributed by atoms with E-state index in [0.29, 0.717) is 64.0 Å². The lowest BCUT2D eigenvalue weighted by atomic mass is 10.3. The van der Waals surface area contributed by atoms with E-state index >= 15 is 0 Å². The van der Waals surface area contributed by atoms with Crippen LogP contribution in [-0.2, 0) is 9.47 Å². The lowest BCUT2D eigenvalue weighted by Crippen LogP contribution is -2.38. The summed E-state index contributed by atoms with van der Waals surface area (Å²) >= 11 is 0. The summed E-state index contributed by atoms with van der Waals surface area (Å²) in [6.07, 6.45) is 0. The molecular formula is C22H26N2O4. The average molecular weight is 382 g/mol. The molecule has 6 heteroatoms. The van der Waals surface area contributed by atoms with E-state index < -0.39 is 0 Å². The van der Waals surface area contributed by atoms with Crippen LogP contribution in [0.1, 0.15) is 0 Å². The summed E-state index contributed by atoms with van der Waals surface area (Å²) in [5, 5.41) is 0. The first-order valence-corrected chi connectivity index (χ1v) is 9.60. The van der Waals surface area contributed by atoms with Crippen molar-refractivity contribution < 1.29 is 9.47 Å². The van der Waals surface area contributed by atoms with Crippen molar-refractivity contribution in [2.24, 2.45) is 0 Å². The fraction of sp³-hybridized carbons (Fsp3) is 0.364. The molecule has 0 aliphatic carbocycles. The molecule has 0 bridgehead atoms. The summed E-state index contributed by atoms with van der Waals surface area (Å²) in [5.74, 6) is 0. The van der Waals surface area contributed by atoms with Gasteiger partial charge in [-0.15, -0.1) is 0 Å². The van der Waals surface area contributed by atoms with Gasteiger partial charge in [0.05, 0.1) is 37.8 Å². The Morgan fingerprint density at radius 1 is 0.536 bits per heavy atom. The molecule has 1 saturated heterocycles. The molecule has 148 valence electrons. The summed E-state index contributed by atoms with van der Waals surface area (Å²) in [4.78, 5) is 28.6. The number of hydrogen-bond acceptors (Lipinski definition) is 6. The molecule has 0 spiro atoms. The van der Waals surface area contributed by atoms with Crippen LogP contribution in [0.3, 0.4) is 0 Å². The van der Waals surface area contributed by atoms with Crippen molar-refractivity contribution in [1.29, 1.82) is 0 Å². The maximum atomic E-state index is 12.3. The molecule has 2 aromatic carbocycles. The molecule has 0 saturated carbocycles. The maximum absolute atomic E-state index is 12.3. The number of nitrogens with zero attached hydrogens (tertiary/aromatic N) is 2. The minimum Gasteiger partial charge on any atom is -0.378 e. The number of rotatable bonds is 2. The van der Waals surface area contributed by atoms with Gasteiger partial charge in [0.25, 0.3) is 0 Å². The van der Waals surface area contributed by atoms with Crippen molar-refractivity contribution in [2.75, 3.05) is 62.4 Å². The molecule has 1 heterocycles. The highest BCUT2D eigenvalue weighted by atomic mass is 16.5. The third kappa shape index (κ3) is 5.65. The highest BCUT2D eigenvalue weighted by Gasteiger charge is 2.13. The zero-order chi connectivity index (χ0) is 19.6. The lowest BCUT2D eigenvalue weighted by molar-refractivity contribution is 0.122. The van der Waals surface area contributed by atoms with Crippen molar-refractivity contribution in [1.82, 2.24) is 0 Å². The second-order valence-corrected chi connectivity index (χ2v) is 6.52. The standard InChI is InChI=1S/C22H26N2O4/c25-21-9-5-1-3-7-19(21)23-11-15-27-17-13-24(14-18-28-16-12-23)20-8-4-2-6-10-22(20)26/h1-10H,11-18H2. The monoisotopic (exact) mass is 382 g/mol. The third-order valence-electron chi connectivity index (χ3n) is 4.66. The molecule has 3 rings (SSSR count). The molecule has 0 N–H and O–H groups in total. The minimum atomic E-state index is -0.0109. The second-order valence-electron chi connectivity index (χ2n) is 6.52. The highest BCUT2D eigenvalue weighted by molar-refractivity contribution is 5.46. The van der Waals surface area contributed by atoms with E-state index in [1.54, 1.807) is 24.3 Å². The molecule has 1 aliphatic heterocycles. The lowest BCUT2D eigenvalue weighted by Gasteiger charge is -2.27. The van der Waals surface area contributed by atoms with Crippen LogP contribution in [0.25, 0.3) is 0 Å². The first-order chi connectivity index (χ1) is 13.8. The van der Waals surface area contributed by atoms with Gasteiger partial charge in [0.2, 0.25) is 10.9 Å². The first-order valence-electron chi connectivity index (χ1n) is 9.60. The number of anilines is 2. The van der Waals surface area contributed by atoms with Gasteiger partial charge in [0.15, 0.2) is 0 Å². The Bertz CT molecular complexity index is 790. The largest absolute Gasteiger partial charge is 0.378 e. The van der Waals surface area contributed by atoms with Gasteiger partial charge in [-0.3, -0.25) is 9.59 Å². The van der Waals surface area contributed by atoms with Crippen molar-refractivity contribution in [3.05, 3.63) is 81.1 Å². The van der Waals surface area contributed by atoms with Crippen molar-refractivity contribution >= 4 is 11.4 Å². The van der Waals surface area contributed by atoms with Gasteiger partial charge in [0.1, 0.15) is 0 Å². The number of ether oxygens (including phenoxy) is 2. The maximum Gasteiger partial charge on any atom is 0.201 e. The summed E-state index contributed by atoms with van der Waals surface area (Å²) in [7, 11) is 0. The predicted octanol–water partition coefficient (Wildman–Crippen LogP) is 1.77. The molecule has 0 unspecified atom stereocenters. The zero-order valence-corrected chi connectivity index (χ0v) is 16.0. The van der Waals surface area contributed by atoms with Gasteiger partial charge in [-0.25, -0.2) is 0 Å².